The number of benzene rings is 3. The zero-order chi connectivity index (χ0) is 21.8. The molecule has 0 saturated heterocycles. The minimum atomic E-state index is 0.445. The van der Waals surface area contributed by atoms with E-state index in [0.717, 1.165) is 37.2 Å². The number of nitriles is 1. The molecule has 7 heteroatoms. The Hall–Kier alpha value is -3.02. The Morgan fingerprint density at radius 2 is 1.97 bits per heavy atom. The molecule has 0 aliphatic rings. The van der Waals surface area contributed by atoms with Gasteiger partial charge in [-0.3, -0.25) is 0 Å². The second-order valence-electron chi connectivity index (χ2n) is 6.74. The Balaban J connectivity index is 1.55. The molecule has 1 aromatic heterocycles. The normalized spacial score (nSPS) is 11.4. The molecule has 0 aliphatic heterocycles. The van der Waals surface area contributed by atoms with Crippen LogP contribution in [0.15, 0.2) is 60.7 Å². The molecule has 3 aromatic carbocycles. The molecule has 0 atom stereocenters. The first-order valence-corrected chi connectivity index (χ1v) is 10.8. The van der Waals surface area contributed by atoms with Gasteiger partial charge in [-0.15, -0.1) is 0 Å². The minimum absolute atomic E-state index is 0.445. The van der Waals surface area contributed by atoms with Gasteiger partial charge in [0, 0.05) is 11.1 Å². The Bertz CT molecular complexity index is 1310. The van der Waals surface area contributed by atoms with Crippen molar-refractivity contribution < 1.29 is 9.47 Å². The number of halogens is 2. The van der Waals surface area contributed by atoms with Gasteiger partial charge in [-0.05, 0) is 76.2 Å². The van der Waals surface area contributed by atoms with Crippen LogP contribution in [0.25, 0.3) is 22.7 Å². The number of rotatable bonds is 6. The number of methoxy groups -OCH3 is 1. The Morgan fingerprint density at radius 1 is 1.16 bits per heavy atom. The molecule has 1 N–H and O–H groups in total. The lowest BCUT2D eigenvalue weighted by molar-refractivity contribution is 0.304. The molecule has 0 aliphatic carbocycles. The van der Waals surface area contributed by atoms with Crippen LogP contribution in [0.1, 0.15) is 17.0 Å². The topological polar surface area (TPSA) is 70.9 Å². The van der Waals surface area contributed by atoms with Crippen molar-refractivity contribution in [3.8, 4) is 17.6 Å². The quantitative estimate of drug-likeness (QED) is 0.224. The van der Waals surface area contributed by atoms with E-state index in [4.69, 9.17) is 21.1 Å². The fourth-order valence-electron chi connectivity index (χ4n) is 3.03. The molecule has 0 bridgehead atoms. The van der Waals surface area contributed by atoms with Crippen molar-refractivity contribution in [1.29, 1.82) is 5.26 Å². The number of H-pyrrole nitrogens is 1. The Kier molecular flexibility index (Phi) is 6.44. The summed E-state index contributed by atoms with van der Waals surface area (Å²) < 4.78 is 12.1. The third-order valence-electron chi connectivity index (χ3n) is 4.64. The minimum Gasteiger partial charge on any atom is -0.497 e. The van der Waals surface area contributed by atoms with Crippen molar-refractivity contribution >= 4 is 56.9 Å². The number of ether oxygens (including phenoxy) is 2. The van der Waals surface area contributed by atoms with Gasteiger partial charge in [-0.1, -0.05) is 29.8 Å². The molecular formula is C24H17ClIN3O2. The molecule has 154 valence electrons. The van der Waals surface area contributed by atoms with E-state index in [1.165, 1.54) is 0 Å². The summed E-state index contributed by atoms with van der Waals surface area (Å²) in [6.07, 6.45) is 1.81. The van der Waals surface area contributed by atoms with E-state index < -0.39 is 0 Å². The van der Waals surface area contributed by atoms with E-state index in [1.54, 1.807) is 13.2 Å². The van der Waals surface area contributed by atoms with Gasteiger partial charge < -0.3 is 14.5 Å². The summed E-state index contributed by atoms with van der Waals surface area (Å²) in [5, 5.41) is 10.4. The number of aromatic nitrogens is 2. The highest BCUT2D eigenvalue weighted by atomic mass is 127. The van der Waals surface area contributed by atoms with Gasteiger partial charge in [0.2, 0.25) is 0 Å². The maximum Gasteiger partial charge on any atom is 0.149 e. The van der Waals surface area contributed by atoms with E-state index >= 15 is 0 Å². The zero-order valence-corrected chi connectivity index (χ0v) is 19.4. The molecule has 5 nitrogen and oxygen atoms in total. The van der Waals surface area contributed by atoms with Gasteiger partial charge in [0.15, 0.2) is 0 Å². The highest BCUT2D eigenvalue weighted by Gasteiger charge is 2.10. The van der Waals surface area contributed by atoms with Crippen molar-refractivity contribution in [3.05, 3.63) is 86.2 Å². The zero-order valence-electron chi connectivity index (χ0n) is 16.5. The van der Waals surface area contributed by atoms with Gasteiger partial charge in [-0.25, -0.2) is 4.98 Å². The fourth-order valence-corrected chi connectivity index (χ4v) is 3.85. The standard InChI is InChI=1S/C24H17ClIN3O2/c1-30-19-7-8-21-22(12-19)29-24(28-21)17(13-27)10-16-4-9-23(20(26)11-16)31-14-15-2-5-18(25)6-3-15/h2-12H,14H2,1H3,(H,28,29)/b17-10-. The van der Waals surface area contributed by atoms with Crippen LogP contribution in [0.2, 0.25) is 5.02 Å². The molecule has 0 saturated carbocycles. The Labute approximate surface area is 198 Å². The van der Waals surface area contributed by atoms with Gasteiger partial charge in [0.1, 0.15) is 30.0 Å². The largest absolute Gasteiger partial charge is 0.497 e. The van der Waals surface area contributed by atoms with Crippen LogP contribution in [-0.2, 0) is 6.61 Å². The molecule has 0 fully saturated rings. The lowest BCUT2D eigenvalue weighted by atomic mass is 10.1. The fraction of sp³-hybridized carbons (Fsp3) is 0.0833. The number of hydrogen-bond acceptors (Lipinski definition) is 4. The summed E-state index contributed by atoms with van der Waals surface area (Å²) in [5.74, 6) is 2.03. The number of imidazole rings is 1. The maximum atomic E-state index is 9.68. The summed E-state index contributed by atoms with van der Waals surface area (Å²) in [6.45, 7) is 0.453. The number of allylic oxidation sites excluding steroid dienone is 1. The van der Waals surface area contributed by atoms with Crippen LogP contribution < -0.4 is 9.47 Å². The summed E-state index contributed by atoms with van der Waals surface area (Å²) in [5.41, 5.74) is 3.96. The average molecular weight is 542 g/mol. The smallest absolute Gasteiger partial charge is 0.149 e. The third-order valence-corrected chi connectivity index (χ3v) is 5.73. The molecule has 4 rings (SSSR count). The summed E-state index contributed by atoms with van der Waals surface area (Å²) in [7, 11) is 1.61. The number of aromatic amines is 1. The lowest BCUT2D eigenvalue weighted by Gasteiger charge is -2.09. The highest BCUT2D eigenvalue weighted by Crippen LogP contribution is 2.27. The molecular weight excluding hydrogens is 525 g/mol. The molecule has 0 amide bonds. The third kappa shape index (κ3) is 5.01. The predicted molar refractivity (Wildman–Crippen MR) is 131 cm³/mol. The SMILES string of the molecule is COc1ccc2nc(/C(C#N)=C\c3ccc(OCc4ccc(Cl)cc4)c(I)c3)[nH]c2c1. The van der Waals surface area contributed by atoms with E-state index in [2.05, 4.69) is 38.6 Å². The summed E-state index contributed by atoms with van der Waals surface area (Å²) in [6, 6.07) is 21.2. The molecule has 0 spiro atoms. The van der Waals surface area contributed by atoms with Crippen LogP contribution in [0, 0.1) is 14.9 Å². The molecule has 1 heterocycles. The second kappa shape index (κ2) is 9.41. The molecule has 0 unspecified atom stereocenters. The van der Waals surface area contributed by atoms with Crippen molar-refractivity contribution in [1.82, 2.24) is 9.97 Å². The molecule has 4 aromatic rings. The van der Waals surface area contributed by atoms with Crippen LogP contribution in [0.3, 0.4) is 0 Å². The van der Waals surface area contributed by atoms with Gasteiger partial charge >= 0.3 is 0 Å². The summed E-state index contributed by atoms with van der Waals surface area (Å²) in [4.78, 5) is 7.72. The highest BCUT2D eigenvalue weighted by molar-refractivity contribution is 14.1. The second-order valence-corrected chi connectivity index (χ2v) is 8.34. The Morgan fingerprint density at radius 3 is 2.68 bits per heavy atom. The predicted octanol–water partition coefficient (Wildman–Crippen LogP) is 6.47. The number of fused-ring (bicyclic) bond motifs is 1. The van der Waals surface area contributed by atoms with Crippen LogP contribution in [0.4, 0.5) is 0 Å². The van der Waals surface area contributed by atoms with Gasteiger partial charge in [0.05, 0.1) is 27.3 Å². The van der Waals surface area contributed by atoms with E-state index in [1.807, 2.05) is 60.7 Å². The summed E-state index contributed by atoms with van der Waals surface area (Å²) >= 11 is 8.15. The lowest BCUT2D eigenvalue weighted by Crippen LogP contribution is -1.97. The number of nitrogens with zero attached hydrogens (tertiary/aromatic N) is 2. The van der Waals surface area contributed by atoms with Gasteiger partial charge in [0.25, 0.3) is 0 Å². The molecule has 31 heavy (non-hydrogen) atoms. The van der Waals surface area contributed by atoms with Crippen LogP contribution in [0.5, 0.6) is 11.5 Å². The van der Waals surface area contributed by atoms with Crippen LogP contribution in [-0.4, -0.2) is 17.1 Å². The van der Waals surface area contributed by atoms with Crippen molar-refractivity contribution in [2.45, 2.75) is 6.61 Å². The van der Waals surface area contributed by atoms with Crippen LogP contribution >= 0.6 is 34.2 Å². The van der Waals surface area contributed by atoms with E-state index in [0.29, 0.717) is 23.0 Å². The van der Waals surface area contributed by atoms with Gasteiger partial charge in [-0.2, -0.15) is 5.26 Å². The monoisotopic (exact) mass is 541 g/mol. The first kappa shape index (κ1) is 21.2. The number of hydrogen-bond donors (Lipinski definition) is 1. The van der Waals surface area contributed by atoms with Crippen molar-refractivity contribution in [2.24, 2.45) is 0 Å². The van der Waals surface area contributed by atoms with E-state index in [9.17, 15) is 5.26 Å². The first-order valence-electron chi connectivity index (χ1n) is 9.38. The maximum absolute atomic E-state index is 9.68. The number of nitrogens with one attached hydrogen (secondary N) is 1. The van der Waals surface area contributed by atoms with Crippen molar-refractivity contribution in [3.63, 3.8) is 0 Å². The van der Waals surface area contributed by atoms with Crippen molar-refractivity contribution in [2.75, 3.05) is 7.11 Å². The molecule has 0 radical (unpaired) electrons. The first-order chi connectivity index (χ1) is 15.1. The average Bonchev–Trinajstić information content (AvgIpc) is 3.21. The van der Waals surface area contributed by atoms with E-state index in [-0.39, 0.29) is 0 Å².